The van der Waals surface area contributed by atoms with Gasteiger partial charge in [-0.05, 0) is 54.0 Å². The van der Waals surface area contributed by atoms with Crippen LogP contribution in [0, 0.1) is 0 Å². The highest BCUT2D eigenvalue weighted by Gasteiger charge is 2.20. The van der Waals surface area contributed by atoms with Crippen molar-refractivity contribution in [3.63, 3.8) is 0 Å². The Balaban J connectivity index is 1.89. The van der Waals surface area contributed by atoms with E-state index >= 15 is 0 Å². The van der Waals surface area contributed by atoms with Gasteiger partial charge >= 0.3 is 0 Å². The SMILES string of the molecule is CCN(CC)C(=O)c1cccc(NC(=O)c2c(Br)c3ccccc3n2C)c1. The highest BCUT2D eigenvalue weighted by atomic mass is 79.9. The monoisotopic (exact) mass is 427 g/mol. The van der Waals surface area contributed by atoms with Crippen LogP contribution < -0.4 is 5.32 Å². The standard InChI is InChI=1S/C21H22BrN3O2/c1-4-25(5-2)21(27)14-9-8-10-15(13-14)23-20(26)19-18(22)16-11-6-7-12-17(16)24(19)3/h6-13H,4-5H2,1-3H3,(H,23,26). The Labute approximate surface area is 167 Å². The topological polar surface area (TPSA) is 54.3 Å². The molecule has 6 heteroatoms. The fourth-order valence-electron chi connectivity index (χ4n) is 3.21. The Kier molecular flexibility index (Phi) is 5.65. The van der Waals surface area contributed by atoms with Crippen molar-refractivity contribution in [3.05, 3.63) is 64.3 Å². The number of nitrogens with zero attached hydrogens (tertiary/aromatic N) is 2. The molecule has 2 aromatic carbocycles. The Morgan fingerprint density at radius 2 is 1.78 bits per heavy atom. The minimum absolute atomic E-state index is 0.0399. The molecule has 0 aliphatic rings. The molecule has 2 amide bonds. The van der Waals surface area contributed by atoms with E-state index in [2.05, 4.69) is 21.2 Å². The van der Waals surface area contributed by atoms with Crippen molar-refractivity contribution < 1.29 is 9.59 Å². The van der Waals surface area contributed by atoms with Gasteiger partial charge in [-0.1, -0.05) is 24.3 Å². The second-order valence-corrected chi connectivity index (χ2v) is 7.04. The molecular weight excluding hydrogens is 406 g/mol. The molecule has 0 aliphatic heterocycles. The summed E-state index contributed by atoms with van der Waals surface area (Å²) in [5.41, 5.74) is 2.67. The summed E-state index contributed by atoms with van der Waals surface area (Å²) in [5, 5.41) is 3.89. The summed E-state index contributed by atoms with van der Waals surface area (Å²) in [4.78, 5) is 27.2. The summed E-state index contributed by atoms with van der Waals surface area (Å²) in [6.07, 6.45) is 0. The molecular formula is C21H22BrN3O2. The number of carbonyl (C=O) groups is 2. The molecule has 0 bridgehead atoms. The van der Waals surface area contributed by atoms with Gasteiger partial charge in [0, 0.05) is 42.3 Å². The van der Waals surface area contributed by atoms with Crippen LogP contribution in [-0.2, 0) is 7.05 Å². The predicted octanol–water partition coefficient (Wildman–Crippen LogP) is 4.68. The number of anilines is 1. The number of nitrogens with one attached hydrogen (secondary N) is 1. The first-order valence-corrected chi connectivity index (χ1v) is 9.70. The van der Waals surface area contributed by atoms with Crippen LogP contribution in [0.1, 0.15) is 34.7 Å². The summed E-state index contributed by atoms with van der Waals surface area (Å²) < 4.78 is 2.62. The number of rotatable bonds is 5. The predicted molar refractivity (Wildman–Crippen MR) is 112 cm³/mol. The largest absolute Gasteiger partial charge is 0.339 e. The van der Waals surface area contributed by atoms with Gasteiger partial charge in [-0.25, -0.2) is 0 Å². The number of para-hydroxylation sites is 1. The summed E-state index contributed by atoms with van der Waals surface area (Å²) in [5.74, 6) is -0.269. The summed E-state index contributed by atoms with van der Waals surface area (Å²) in [7, 11) is 1.86. The summed E-state index contributed by atoms with van der Waals surface area (Å²) in [6, 6.07) is 14.9. The van der Waals surface area contributed by atoms with Crippen molar-refractivity contribution in [2.75, 3.05) is 18.4 Å². The number of aryl methyl sites for hydroxylation is 1. The van der Waals surface area contributed by atoms with E-state index in [-0.39, 0.29) is 11.8 Å². The molecule has 1 N–H and O–H groups in total. The molecule has 1 heterocycles. The Hall–Kier alpha value is -2.60. The third-order valence-electron chi connectivity index (χ3n) is 4.68. The molecule has 0 atom stereocenters. The van der Waals surface area contributed by atoms with E-state index in [1.807, 2.05) is 49.7 Å². The Bertz CT molecular complexity index is 967. The van der Waals surface area contributed by atoms with E-state index in [4.69, 9.17) is 0 Å². The second kappa shape index (κ2) is 7.96. The van der Waals surface area contributed by atoms with Crippen molar-refractivity contribution in [1.82, 2.24) is 9.47 Å². The number of fused-ring (bicyclic) bond motifs is 1. The molecule has 0 unspecified atom stereocenters. The van der Waals surface area contributed by atoms with Gasteiger partial charge in [-0.3, -0.25) is 9.59 Å². The third kappa shape index (κ3) is 3.62. The third-order valence-corrected chi connectivity index (χ3v) is 5.48. The summed E-state index contributed by atoms with van der Waals surface area (Å²) in [6.45, 7) is 5.19. The smallest absolute Gasteiger partial charge is 0.273 e. The molecule has 140 valence electrons. The lowest BCUT2D eigenvalue weighted by molar-refractivity contribution is 0.0772. The van der Waals surface area contributed by atoms with Gasteiger partial charge in [-0.2, -0.15) is 0 Å². The number of amides is 2. The normalized spacial score (nSPS) is 10.8. The molecule has 0 radical (unpaired) electrons. The molecule has 5 nitrogen and oxygen atoms in total. The van der Waals surface area contributed by atoms with Crippen molar-refractivity contribution in [2.24, 2.45) is 7.05 Å². The van der Waals surface area contributed by atoms with Gasteiger partial charge in [0.05, 0.1) is 4.47 Å². The van der Waals surface area contributed by atoms with Gasteiger partial charge in [0.25, 0.3) is 11.8 Å². The number of halogens is 1. The molecule has 0 saturated carbocycles. The van der Waals surface area contributed by atoms with Crippen molar-refractivity contribution in [2.45, 2.75) is 13.8 Å². The molecule has 3 rings (SSSR count). The maximum absolute atomic E-state index is 12.9. The van der Waals surface area contributed by atoms with Crippen LogP contribution in [0.15, 0.2) is 53.0 Å². The quantitative estimate of drug-likeness (QED) is 0.642. The maximum Gasteiger partial charge on any atom is 0.273 e. The van der Waals surface area contributed by atoms with E-state index in [0.29, 0.717) is 30.0 Å². The fraction of sp³-hybridized carbons (Fsp3) is 0.238. The average Bonchev–Trinajstić information content (AvgIpc) is 2.94. The van der Waals surface area contributed by atoms with Crippen LogP contribution >= 0.6 is 15.9 Å². The molecule has 3 aromatic rings. The van der Waals surface area contributed by atoms with Crippen LogP contribution in [-0.4, -0.2) is 34.4 Å². The first-order valence-electron chi connectivity index (χ1n) is 8.91. The minimum Gasteiger partial charge on any atom is -0.339 e. The molecule has 0 saturated heterocycles. The van der Waals surface area contributed by atoms with E-state index < -0.39 is 0 Å². The first-order chi connectivity index (χ1) is 13.0. The zero-order valence-electron chi connectivity index (χ0n) is 15.6. The van der Waals surface area contributed by atoms with Crippen LogP contribution in [0.5, 0.6) is 0 Å². The van der Waals surface area contributed by atoms with Gasteiger partial charge in [0.15, 0.2) is 0 Å². The summed E-state index contributed by atoms with van der Waals surface area (Å²) >= 11 is 3.55. The van der Waals surface area contributed by atoms with Crippen LogP contribution in [0.2, 0.25) is 0 Å². The molecule has 0 aliphatic carbocycles. The van der Waals surface area contributed by atoms with Gasteiger partial charge in [-0.15, -0.1) is 0 Å². The minimum atomic E-state index is -0.229. The van der Waals surface area contributed by atoms with Crippen LogP contribution in [0.3, 0.4) is 0 Å². The molecule has 1 aromatic heterocycles. The van der Waals surface area contributed by atoms with Crippen molar-refractivity contribution in [1.29, 1.82) is 0 Å². The van der Waals surface area contributed by atoms with Crippen molar-refractivity contribution >= 4 is 44.3 Å². The zero-order valence-corrected chi connectivity index (χ0v) is 17.2. The number of benzene rings is 2. The first kappa shape index (κ1) is 19.2. The molecule has 0 fully saturated rings. The number of hydrogen-bond acceptors (Lipinski definition) is 2. The van der Waals surface area contributed by atoms with Gasteiger partial charge < -0.3 is 14.8 Å². The van der Waals surface area contributed by atoms with Gasteiger partial charge in [0.1, 0.15) is 5.69 Å². The van der Waals surface area contributed by atoms with Crippen molar-refractivity contribution in [3.8, 4) is 0 Å². The van der Waals surface area contributed by atoms with E-state index in [1.54, 1.807) is 29.2 Å². The lowest BCUT2D eigenvalue weighted by Crippen LogP contribution is -2.30. The van der Waals surface area contributed by atoms with E-state index in [0.717, 1.165) is 15.4 Å². The number of carbonyl (C=O) groups excluding carboxylic acids is 2. The van der Waals surface area contributed by atoms with Crippen LogP contribution in [0.4, 0.5) is 5.69 Å². The van der Waals surface area contributed by atoms with E-state index in [9.17, 15) is 9.59 Å². The Morgan fingerprint density at radius 3 is 2.44 bits per heavy atom. The Morgan fingerprint density at radius 1 is 1.07 bits per heavy atom. The van der Waals surface area contributed by atoms with Crippen LogP contribution in [0.25, 0.3) is 10.9 Å². The zero-order chi connectivity index (χ0) is 19.6. The highest BCUT2D eigenvalue weighted by molar-refractivity contribution is 9.10. The lowest BCUT2D eigenvalue weighted by Gasteiger charge is -2.19. The lowest BCUT2D eigenvalue weighted by atomic mass is 10.1. The maximum atomic E-state index is 12.9. The second-order valence-electron chi connectivity index (χ2n) is 6.25. The van der Waals surface area contributed by atoms with E-state index in [1.165, 1.54) is 0 Å². The molecule has 0 spiro atoms. The number of hydrogen-bond donors (Lipinski definition) is 1. The molecule has 27 heavy (non-hydrogen) atoms. The average molecular weight is 428 g/mol. The number of aromatic nitrogens is 1. The van der Waals surface area contributed by atoms with Gasteiger partial charge in [0.2, 0.25) is 0 Å². The fourth-order valence-corrected chi connectivity index (χ4v) is 3.99. The highest BCUT2D eigenvalue weighted by Crippen LogP contribution is 2.30.